The van der Waals surface area contributed by atoms with Crippen LogP contribution in [-0.4, -0.2) is 33.6 Å². The molecule has 0 bridgehead atoms. The van der Waals surface area contributed by atoms with Gasteiger partial charge in [-0.2, -0.15) is 0 Å². The van der Waals surface area contributed by atoms with E-state index in [0.717, 1.165) is 19.3 Å². The van der Waals surface area contributed by atoms with Crippen LogP contribution >= 0.6 is 0 Å². The van der Waals surface area contributed by atoms with Crippen molar-refractivity contribution in [2.24, 2.45) is 5.92 Å². The highest BCUT2D eigenvalue weighted by Gasteiger charge is 2.57. The van der Waals surface area contributed by atoms with E-state index in [2.05, 4.69) is 39.0 Å². The second-order valence-corrected chi connectivity index (χ2v) is 7.78. The Kier molecular flexibility index (Phi) is 3.87. The van der Waals surface area contributed by atoms with Gasteiger partial charge in [0, 0.05) is 5.92 Å². The van der Waals surface area contributed by atoms with Gasteiger partial charge in [0.05, 0.1) is 12.7 Å². The molecule has 1 saturated carbocycles. The van der Waals surface area contributed by atoms with Crippen LogP contribution < -0.4 is 0 Å². The van der Waals surface area contributed by atoms with Gasteiger partial charge in [-0.05, 0) is 53.7 Å². The highest BCUT2D eigenvalue weighted by atomic mass is 16.4. The van der Waals surface area contributed by atoms with Crippen LogP contribution in [0, 0.1) is 5.92 Å². The van der Waals surface area contributed by atoms with Crippen molar-refractivity contribution in [3.63, 3.8) is 0 Å². The SMILES string of the molecule is CC(C)c1ccc2c(c1)CC[C@H]1[C@@](O)(CO)[C@@H](O)CC[C@]21C. The van der Waals surface area contributed by atoms with Crippen LogP contribution in [0.2, 0.25) is 0 Å². The van der Waals surface area contributed by atoms with E-state index >= 15 is 0 Å². The standard InChI is InChI=1S/C19H28O3/c1-12(2)13-4-6-15-14(10-13)5-7-16-18(15,3)9-8-17(21)19(16,22)11-20/h4,6,10,12,16-17,20-22H,5,7-9,11H2,1-3H3/t16-,17+,18-,19+/m1/s1. The highest BCUT2D eigenvalue weighted by molar-refractivity contribution is 5.42. The van der Waals surface area contributed by atoms with Gasteiger partial charge in [0.1, 0.15) is 5.60 Å². The molecule has 1 aromatic carbocycles. The summed E-state index contributed by atoms with van der Waals surface area (Å²) in [7, 11) is 0. The fourth-order valence-electron chi connectivity index (χ4n) is 4.79. The smallest absolute Gasteiger partial charge is 0.117 e. The zero-order valence-corrected chi connectivity index (χ0v) is 13.8. The number of rotatable bonds is 2. The maximum absolute atomic E-state index is 10.9. The van der Waals surface area contributed by atoms with Crippen molar-refractivity contribution in [2.75, 3.05) is 6.61 Å². The molecular formula is C19H28O3. The van der Waals surface area contributed by atoms with Crippen molar-refractivity contribution in [3.8, 4) is 0 Å². The largest absolute Gasteiger partial charge is 0.393 e. The lowest BCUT2D eigenvalue weighted by atomic mass is 9.52. The molecule has 0 saturated heterocycles. The number of aryl methyl sites for hydroxylation is 1. The summed E-state index contributed by atoms with van der Waals surface area (Å²) in [5.74, 6) is 0.421. The van der Waals surface area contributed by atoms with Crippen molar-refractivity contribution in [2.45, 2.75) is 69.5 Å². The van der Waals surface area contributed by atoms with Gasteiger partial charge in [0.15, 0.2) is 0 Å². The Morgan fingerprint density at radius 1 is 1.27 bits per heavy atom. The fraction of sp³-hybridized carbons (Fsp3) is 0.684. The molecule has 3 rings (SSSR count). The molecule has 3 heteroatoms. The minimum absolute atomic E-state index is 0.0915. The Morgan fingerprint density at radius 3 is 2.64 bits per heavy atom. The molecule has 122 valence electrons. The van der Waals surface area contributed by atoms with Gasteiger partial charge in [-0.15, -0.1) is 0 Å². The summed E-state index contributed by atoms with van der Waals surface area (Å²) in [5, 5.41) is 30.8. The molecule has 3 N–H and O–H groups in total. The third-order valence-corrected chi connectivity index (χ3v) is 6.25. The van der Waals surface area contributed by atoms with Gasteiger partial charge in [-0.25, -0.2) is 0 Å². The summed E-state index contributed by atoms with van der Waals surface area (Å²) >= 11 is 0. The van der Waals surface area contributed by atoms with E-state index in [-0.39, 0.29) is 17.9 Å². The van der Waals surface area contributed by atoms with Crippen LogP contribution in [0.15, 0.2) is 18.2 Å². The first kappa shape index (κ1) is 16.0. The molecule has 2 aliphatic rings. The number of fused-ring (bicyclic) bond motifs is 3. The first-order valence-corrected chi connectivity index (χ1v) is 8.47. The third kappa shape index (κ3) is 2.14. The van der Waals surface area contributed by atoms with Crippen LogP contribution in [0.4, 0.5) is 0 Å². The first-order valence-electron chi connectivity index (χ1n) is 8.47. The molecule has 22 heavy (non-hydrogen) atoms. The van der Waals surface area contributed by atoms with E-state index < -0.39 is 11.7 Å². The molecule has 0 amide bonds. The number of hydrogen-bond acceptors (Lipinski definition) is 3. The predicted octanol–water partition coefficient (Wildman–Crippen LogP) is 2.51. The number of hydrogen-bond donors (Lipinski definition) is 3. The Morgan fingerprint density at radius 2 is 2.00 bits per heavy atom. The maximum atomic E-state index is 10.9. The molecule has 4 atom stereocenters. The molecule has 0 aromatic heterocycles. The second kappa shape index (κ2) is 5.33. The highest BCUT2D eigenvalue weighted by Crippen LogP contribution is 2.53. The minimum atomic E-state index is -1.37. The summed E-state index contributed by atoms with van der Waals surface area (Å²) in [6.07, 6.45) is 2.29. The minimum Gasteiger partial charge on any atom is -0.393 e. The molecule has 0 aliphatic heterocycles. The quantitative estimate of drug-likeness (QED) is 0.787. The van der Waals surface area contributed by atoms with E-state index in [1.54, 1.807) is 0 Å². The zero-order valence-electron chi connectivity index (χ0n) is 13.8. The van der Waals surface area contributed by atoms with Crippen molar-refractivity contribution in [3.05, 3.63) is 34.9 Å². The van der Waals surface area contributed by atoms with Crippen LogP contribution in [0.5, 0.6) is 0 Å². The number of aliphatic hydroxyl groups is 3. The molecule has 0 heterocycles. The molecule has 3 nitrogen and oxygen atoms in total. The van der Waals surface area contributed by atoms with E-state index in [1.165, 1.54) is 16.7 Å². The molecule has 2 aliphatic carbocycles. The maximum Gasteiger partial charge on any atom is 0.117 e. The zero-order chi connectivity index (χ0) is 16.1. The number of aliphatic hydroxyl groups excluding tert-OH is 2. The average molecular weight is 304 g/mol. The van der Waals surface area contributed by atoms with Gasteiger partial charge in [0.25, 0.3) is 0 Å². The van der Waals surface area contributed by atoms with Crippen molar-refractivity contribution >= 4 is 0 Å². The van der Waals surface area contributed by atoms with E-state index in [0.29, 0.717) is 12.3 Å². The van der Waals surface area contributed by atoms with E-state index in [1.807, 2.05) is 0 Å². The van der Waals surface area contributed by atoms with Gasteiger partial charge in [0.2, 0.25) is 0 Å². The average Bonchev–Trinajstić information content (AvgIpc) is 2.51. The Bertz CT molecular complexity index is 568. The summed E-state index contributed by atoms with van der Waals surface area (Å²) in [6.45, 7) is 6.23. The molecule has 0 unspecified atom stereocenters. The number of benzene rings is 1. The summed E-state index contributed by atoms with van der Waals surface area (Å²) < 4.78 is 0. The third-order valence-electron chi connectivity index (χ3n) is 6.25. The summed E-state index contributed by atoms with van der Waals surface area (Å²) in [6, 6.07) is 6.72. The predicted molar refractivity (Wildman–Crippen MR) is 87.0 cm³/mol. The molecule has 0 spiro atoms. The molecule has 1 aromatic rings. The first-order chi connectivity index (χ1) is 10.3. The van der Waals surface area contributed by atoms with Crippen molar-refractivity contribution in [1.82, 2.24) is 0 Å². The Labute approximate surface area is 133 Å². The summed E-state index contributed by atoms with van der Waals surface area (Å²) in [4.78, 5) is 0. The summed E-state index contributed by atoms with van der Waals surface area (Å²) in [5.41, 5.74) is 2.49. The van der Waals surface area contributed by atoms with Crippen LogP contribution in [0.1, 0.15) is 62.6 Å². The van der Waals surface area contributed by atoms with Crippen molar-refractivity contribution in [1.29, 1.82) is 0 Å². The normalized spacial score (nSPS) is 37.8. The molecular weight excluding hydrogens is 276 g/mol. The van der Waals surface area contributed by atoms with E-state index in [9.17, 15) is 15.3 Å². The topological polar surface area (TPSA) is 60.7 Å². The lowest BCUT2D eigenvalue weighted by Crippen LogP contribution is -2.63. The Hall–Kier alpha value is -0.900. The lowest BCUT2D eigenvalue weighted by molar-refractivity contribution is -0.184. The monoisotopic (exact) mass is 304 g/mol. The van der Waals surface area contributed by atoms with Crippen LogP contribution in [-0.2, 0) is 11.8 Å². The Balaban J connectivity index is 2.06. The molecule has 1 fully saturated rings. The van der Waals surface area contributed by atoms with Gasteiger partial charge in [-0.1, -0.05) is 39.0 Å². The van der Waals surface area contributed by atoms with E-state index in [4.69, 9.17) is 0 Å². The van der Waals surface area contributed by atoms with Gasteiger partial charge < -0.3 is 15.3 Å². The molecule has 0 radical (unpaired) electrons. The van der Waals surface area contributed by atoms with Gasteiger partial charge >= 0.3 is 0 Å². The lowest BCUT2D eigenvalue weighted by Gasteiger charge is -2.55. The van der Waals surface area contributed by atoms with Crippen LogP contribution in [0.25, 0.3) is 0 Å². The fourth-order valence-corrected chi connectivity index (χ4v) is 4.79. The van der Waals surface area contributed by atoms with Crippen molar-refractivity contribution < 1.29 is 15.3 Å². The second-order valence-electron chi connectivity index (χ2n) is 7.78. The van der Waals surface area contributed by atoms with Gasteiger partial charge in [-0.3, -0.25) is 0 Å². The van der Waals surface area contributed by atoms with Crippen LogP contribution in [0.3, 0.4) is 0 Å².